The van der Waals surface area contributed by atoms with Gasteiger partial charge < -0.3 is 15.1 Å². The van der Waals surface area contributed by atoms with Crippen LogP contribution in [0.15, 0.2) is 24.5 Å². The molecular formula is C18H30Cl2N4O. The molecule has 2 fully saturated rings. The highest BCUT2D eigenvalue weighted by molar-refractivity contribution is 5.85. The van der Waals surface area contributed by atoms with E-state index < -0.39 is 0 Å². The summed E-state index contributed by atoms with van der Waals surface area (Å²) in [5.41, 5.74) is 1.13. The van der Waals surface area contributed by atoms with Gasteiger partial charge in [0.15, 0.2) is 0 Å². The lowest BCUT2D eigenvalue weighted by Crippen LogP contribution is -2.52. The number of aromatic nitrogens is 1. The van der Waals surface area contributed by atoms with Crippen molar-refractivity contribution < 1.29 is 4.79 Å². The zero-order valence-electron chi connectivity index (χ0n) is 15.1. The third-order valence-corrected chi connectivity index (χ3v) is 5.20. The average molecular weight is 389 g/mol. The number of nitrogens with one attached hydrogen (secondary N) is 1. The number of nitrogens with zero attached hydrogens (tertiary/aromatic N) is 3. The number of halogens is 2. The molecule has 0 aliphatic carbocycles. The molecule has 1 aromatic rings. The molecule has 0 spiro atoms. The van der Waals surface area contributed by atoms with Gasteiger partial charge in [-0.1, -0.05) is 6.07 Å². The van der Waals surface area contributed by atoms with Gasteiger partial charge in [0.25, 0.3) is 0 Å². The van der Waals surface area contributed by atoms with Gasteiger partial charge in [-0.25, -0.2) is 0 Å². The molecule has 1 N–H and O–H groups in total. The predicted octanol–water partition coefficient (Wildman–Crippen LogP) is 2.52. The molecular weight excluding hydrogens is 359 g/mol. The maximum atomic E-state index is 13.1. The summed E-state index contributed by atoms with van der Waals surface area (Å²) in [7, 11) is 0. The van der Waals surface area contributed by atoms with Crippen molar-refractivity contribution in [3.8, 4) is 0 Å². The summed E-state index contributed by atoms with van der Waals surface area (Å²) in [6, 6.07) is 4.72. The highest BCUT2D eigenvalue weighted by atomic mass is 35.5. The molecule has 1 aromatic heterocycles. The number of carbonyl (C=O) groups excluding carboxylic acids is 1. The monoisotopic (exact) mass is 388 g/mol. The van der Waals surface area contributed by atoms with Crippen molar-refractivity contribution in [2.24, 2.45) is 5.92 Å². The molecule has 1 atom stereocenters. The average Bonchev–Trinajstić information content (AvgIpc) is 2.62. The van der Waals surface area contributed by atoms with Crippen LogP contribution < -0.4 is 5.32 Å². The molecule has 2 saturated heterocycles. The smallest absolute Gasteiger partial charge is 0.226 e. The maximum absolute atomic E-state index is 13.1. The molecule has 7 heteroatoms. The molecule has 2 aliphatic rings. The van der Waals surface area contributed by atoms with Crippen LogP contribution in [0.25, 0.3) is 0 Å². The SMILES string of the molecule is CC(C)N1CCC(C(=O)N2CCNCC2c2cccnc2)CC1.Cl.Cl. The highest BCUT2D eigenvalue weighted by Gasteiger charge is 2.34. The van der Waals surface area contributed by atoms with E-state index in [9.17, 15) is 4.79 Å². The first-order chi connectivity index (χ1) is 11.2. The number of hydrogen-bond donors (Lipinski definition) is 1. The van der Waals surface area contributed by atoms with E-state index in [2.05, 4.69) is 40.0 Å². The van der Waals surface area contributed by atoms with Crippen molar-refractivity contribution >= 4 is 30.7 Å². The first-order valence-electron chi connectivity index (χ1n) is 8.82. The van der Waals surface area contributed by atoms with Crippen molar-refractivity contribution in [1.82, 2.24) is 20.1 Å². The van der Waals surface area contributed by atoms with Crippen LogP contribution in [0, 0.1) is 5.92 Å². The molecule has 5 nitrogen and oxygen atoms in total. The molecule has 0 bridgehead atoms. The van der Waals surface area contributed by atoms with Crippen molar-refractivity contribution in [1.29, 1.82) is 0 Å². The summed E-state index contributed by atoms with van der Waals surface area (Å²) in [6.07, 6.45) is 5.65. The largest absolute Gasteiger partial charge is 0.333 e. The zero-order chi connectivity index (χ0) is 16.2. The van der Waals surface area contributed by atoms with Gasteiger partial charge in [-0.05, 0) is 51.4 Å². The molecule has 3 rings (SSSR count). The molecule has 1 unspecified atom stereocenters. The minimum Gasteiger partial charge on any atom is -0.333 e. The molecule has 3 heterocycles. The Morgan fingerprint density at radius 3 is 2.56 bits per heavy atom. The van der Waals surface area contributed by atoms with Gasteiger partial charge in [0.1, 0.15) is 0 Å². The quantitative estimate of drug-likeness (QED) is 0.863. The lowest BCUT2D eigenvalue weighted by atomic mass is 9.93. The van der Waals surface area contributed by atoms with Crippen molar-refractivity contribution in [3.63, 3.8) is 0 Å². The lowest BCUT2D eigenvalue weighted by Gasteiger charge is -2.41. The summed E-state index contributed by atoms with van der Waals surface area (Å²) < 4.78 is 0. The van der Waals surface area contributed by atoms with Crippen LogP contribution in [0.3, 0.4) is 0 Å². The van der Waals surface area contributed by atoms with E-state index in [4.69, 9.17) is 0 Å². The van der Waals surface area contributed by atoms with Gasteiger partial charge in [0, 0.05) is 44.0 Å². The summed E-state index contributed by atoms with van der Waals surface area (Å²) in [6.45, 7) is 9.04. The Labute approximate surface area is 163 Å². The fraction of sp³-hybridized carbons (Fsp3) is 0.667. The summed E-state index contributed by atoms with van der Waals surface area (Å²) in [5, 5.41) is 3.41. The van der Waals surface area contributed by atoms with Gasteiger partial charge in [-0.3, -0.25) is 9.78 Å². The Morgan fingerprint density at radius 2 is 1.96 bits per heavy atom. The second kappa shape index (κ2) is 10.3. The van der Waals surface area contributed by atoms with Gasteiger partial charge in [0.2, 0.25) is 5.91 Å². The molecule has 142 valence electrons. The van der Waals surface area contributed by atoms with Gasteiger partial charge in [0.05, 0.1) is 6.04 Å². The van der Waals surface area contributed by atoms with Crippen LogP contribution in [0.5, 0.6) is 0 Å². The Kier molecular flexibility index (Phi) is 9.14. The van der Waals surface area contributed by atoms with Gasteiger partial charge >= 0.3 is 0 Å². The van der Waals surface area contributed by atoms with Crippen molar-refractivity contribution in [2.75, 3.05) is 32.7 Å². The van der Waals surface area contributed by atoms with Gasteiger partial charge in [-0.15, -0.1) is 24.8 Å². The fourth-order valence-electron chi connectivity index (χ4n) is 3.74. The minimum atomic E-state index is 0. The number of piperidine rings is 1. The van der Waals surface area contributed by atoms with Crippen LogP contribution in [0.4, 0.5) is 0 Å². The van der Waals surface area contributed by atoms with Crippen LogP contribution >= 0.6 is 24.8 Å². The highest BCUT2D eigenvalue weighted by Crippen LogP contribution is 2.27. The number of piperazine rings is 1. The van der Waals surface area contributed by atoms with E-state index in [0.29, 0.717) is 11.9 Å². The normalized spacial score (nSPS) is 22.2. The topological polar surface area (TPSA) is 48.5 Å². The van der Waals surface area contributed by atoms with E-state index in [1.165, 1.54) is 0 Å². The fourth-order valence-corrected chi connectivity index (χ4v) is 3.74. The second-order valence-corrected chi connectivity index (χ2v) is 6.94. The number of amides is 1. The van der Waals surface area contributed by atoms with Crippen molar-refractivity contribution in [2.45, 2.75) is 38.8 Å². The third kappa shape index (κ3) is 5.30. The first-order valence-corrected chi connectivity index (χ1v) is 8.82. The predicted molar refractivity (Wildman–Crippen MR) is 105 cm³/mol. The van der Waals surface area contributed by atoms with Crippen LogP contribution in [-0.2, 0) is 4.79 Å². The number of likely N-dealkylation sites (tertiary alicyclic amines) is 1. The Hall–Kier alpha value is -0.880. The number of carbonyl (C=O) groups is 1. The first kappa shape index (κ1) is 22.2. The number of hydrogen-bond acceptors (Lipinski definition) is 4. The minimum absolute atomic E-state index is 0. The number of rotatable bonds is 3. The molecule has 0 radical (unpaired) electrons. The zero-order valence-corrected chi connectivity index (χ0v) is 16.7. The molecule has 2 aliphatic heterocycles. The molecule has 0 saturated carbocycles. The Balaban J connectivity index is 0.00000156. The van der Waals surface area contributed by atoms with Crippen LogP contribution in [-0.4, -0.2) is 59.5 Å². The van der Waals surface area contributed by atoms with E-state index in [-0.39, 0.29) is 36.8 Å². The lowest BCUT2D eigenvalue weighted by molar-refractivity contribution is -0.140. The molecule has 0 aromatic carbocycles. The summed E-state index contributed by atoms with van der Waals surface area (Å²) >= 11 is 0. The summed E-state index contributed by atoms with van der Waals surface area (Å²) in [4.78, 5) is 21.9. The standard InChI is InChI=1S/C18H28N4O.2ClH/c1-14(2)21-9-5-15(6-10-21)18(23)22-11-8-20-13-17(22)16-4-3-7-19-12-16;;/h3-4,7,12,14-15,17,20H,5-6,8-11,13H2,1-2H3;2*1H. The Bertz CT molecular complexity index is 521. The van der Waals surface area contributed by atoms with E-state index in [1.54, 1.807) is 6.20 Å². The van der Waals surface area contributed by atoms with E-state index in [1.807, 2.05) is 12.3 Å². The molecule has 25 heavy (non-hydrogen) atoms. The number of pyridine rings is 1. The van der Waals surface area contributed by atoms with Crippen LogP contribution in [0.1, 0.15) is 38.3 Å². The van der Waals surface area contributed by atoms with E-state index in [0.717, 1.165) is 51.1 Å². The second-order valence-electron chi connectivity index (χ2n) is 6.94. The third-order valence-electron chi connectivity index (χ3n) is 5.20. The Morgan fingerprint density at radius 1 is 1.24 bits per heavy atom. The van der Waals surface area contributed by atoms with E-state index >= 15 is 0 Å². The maximum Gasteiger partial charge on any atom is 0.226 e. The van der Waals surface area contributed by atoms with Gasteiger partial charge in [-0.2, -0.15) is 0 Å². The molecule has 1 amide bonds. The van der Waals surface area contributed by atoms with Crippen molar-refractivity contribution in [3.05, 3.63) is 30.1 Å². The van der Waals surface area contributed by atoms with Crippen LogP contribution in [0.2, 0.25) is 0 Å². The summed E-state index contributed by atoms with van der Waals surface area (Å²) in [5.74, 6) is 0.519.